The van der Waals surface area contributed by atoms with Gasteiger partial charge in [-0.05, 0) is 31.4 Å². The number of hydrogen-bond acceptors (Lipinski definition) is 2. The van der Waals surface area contributed by atoms with Gasteiger partial charge in [0.2, 0.25) is 0 Å². The molecular weight excluding hydrogens is 176 g/mol. The van der Waals surface area contributed by atoms with Gasteiger partial charge in [0.25, 0.3) is 0 Å². The van der Waals surface area contributed by atoms with Gasteiger partial charge in [0.1, 0.15) is 5.75 Å². The van der Waals surface area contributed by atoms with Gasteiger partial charge in [0.15, 0.2) is 0 Å². The lowest BCUT2D eigenvalue weighted by Gasteiger charge is -2.41. The molecule has 0 aromatic heterocycles. The predicted molar refractivity (Wildman–Crippen MR) is 55.5 cm³/mol. The van der Waals surface area contributed by atoms with Gasteiger partial charge in [0.05, 0.1) is 6.61 Å². The minimum atomic E-state index is -0.155. The van der Waals surface area contributed by atoms with E-state index in [1.54, 1.807) is 6.07 Å². The zero-order valence-electron chi connectivity index (χ0n) is 8.45. The quantitative estimate of drug-likeness (QED) is 0.753. The van der Waals surface area contributed by atoms with Crippen molar-refractivity contribution in [1.82, 2.24) is 0 Å². The van der Waals surface area contributed by atoms with Crippen LogP contribution in [0.4, 0.5) is 0 Å². The molecule has 76 valence electrons. The van der Waals surface area contributed by atoms with Crippen molar-refractivity contribution in [1.29, 1.82) is 0 Å². The van der Waals surface area contributed by atoms with Crippen LogP contribution in [0.1, 0.15) is 30.4 Å². The van der Waals surface area contributed by atoms with Gasteiger partial charge < -0.3 is 10.2 Å². The summed E-state index contributed by atoms with van der Waals surface area (Å²) in [7, 11) is 0. The number of benzene rings is 1. The molecule has 0 unspecified atom stereocenters. The fraction of sp³-hybridized carbons (Fsp3) is 0.500. The molecule has 1 aromatic rings. The normalized spacial score (nSPS) is 19.0. The average Bonchev–Trinajstić information content (AvgIpc) is 2.07. The summed E-state index contributed by atoms with van der Waals surface area (Å²) in [6.45, 7) is 2.10. The first kappa shape index (κ1) is 9.53. The first-order valence-electron chi connectivity index (χ1n) is 5.09. The van der Waals surface area contributed by atoms with Gasteiger partial charge in [0, 0.05) is 11.0 Å². The SMILES string of the molecule is Cc1ccc(C2(CO)CCC2)c(O)c1. The lowest BCUT2D eigenvalue weighted by Crippen LogP contribution is -2.37. The van der Waals surface area contributed by atoms with Crippen LogP contribution in [0.2, 0.25) is 0 Å². The molecule has 0 saturated heterocycles. The van der Waals surface area contributed by atoms with Gasteiger partial charge in [-0.3, -0.25) is 0 Å². The highest BCUT2D eigenvalue weighted by Gasteiger charge is 2.39. The van der Waals surface area contributed by atoms with Crippen LogP contribution in [0.5, 0.6) is 5.75 Å². The van der Waals surface area contributed by atoms with Crippen molar-refractivity contribution in [3.8, 4) is 5.75 Å². The Morgan fingerprint density at radius 1 is 1.36 bits per heavy atom. The summed E-state index contributed by atoms with van der Waals surface area (Å²) in [5.41, 5.74) is 1.81. The minimum absolute atomic E-state index is 0.142. The number of aromatic hydroxyl groups is 1. The number of aryl methyl sites for hydroxylation is 1. The highest BCUT2D eigenvalue weighted by molar-refractivity contribution is 5.42. The smallest absolute Gasteiger partial charge is 0.119 e. The number of phenolic OH excluding ortho intramolecular Hbond substituents is 1. The van der Waals surface area contributed by atoms with E-state index >= 15 is 0 Å². The Morgan fingerprint density at radius 3 is 2.50 bits per heavy atom. The zero-order valence-corrected chi connectivity index (χ0v) is 8.45. The number of rotatable bonds is 2. The van der Waals surface area contributed by atoms with Gasteiger partial charge in [-0.15, -0.1) is 0 Å². The van der Waals surface area contributed by atoms with Crippen LogP contribution in [-0.4, -0.2) is 16.8 Å². The first-order chi connectivity index (χ1) is 6.68. The molecule has 2 N–H and O–H groups in total. The van der Waals surface area contributed by atoms with Crippen molar-refractivity contribution in [2.75, 3.05) is 6.61 Å². The van der Waals surface area contributed by atoms with Crippen LogP contribution in [-0.2, 0) is 5.41 Å². The second-order valence-electron chi connectivity index (χ2n) is 4.31. The number of aliphatic hydroxyl groups excluding tert-OH is 1. The maximum Gasteiger partial charge on any atom is 0.119 e. The second-order valence-corrected chi connectivity index (χ2v) is 4.31. The number of phenols is 1. The Kier molecular flexibility index (Phi) is 2.23. The maximum absolute atomic E-state index is 9.81. The first-order valence-corrected chi connectivity index (χ1v) is 5.09. The predicted octanol–water partition coefficient (Wildman–Crippen LogP) is 2.11. The molecule has 1 saturated carbocycles. The summed E-state index contributed by atoms with van der Waals surface area (Å²) >= 11 is 0. The molecule has 2 heteroatoms. The fourth-order valence-electron chi connectivity index (χ4n) is 2.21. The van der Waals surface area contributed by atoms with Crippen molar-refractivity contribution in [3.63, 3.8) is 0 Å². The highest BCUT2D eigenvalue weighted by Crippen LogP contribution is 2.46. The fourth-order valence-corrected chi connectivity index (χ4v) is 2.21. The Bertz CT molecular complexity index is 335. The zero-order chi connectivity index (χ0) is 10.2. The van der Waals surface area contributed by atoms with E-state index < -0.39 is 0 Å². The molecule has 0 atom stereocenters. The van der Waals surface area contributed by atoms with E-state index in [9.17, 15) is 10.2 Å². The Labute approximate surface area is 84.2 Å². The molecule has 0 spiro atoms. The molecule has 0 aliphatic heterocycles. The van der Waals surface area contributed by atoms with Crippen molar-refractivity contribution in [2.45, 2.75) is 31.6 Å². The van der Waals surface area contributed by atoms with E-state index in [0.717, 1.165) is 30.4 Å². The number of aliphatic hydroxyl groups is 1. The van der Waals surface area contributed by atoms with Gasteiger partial charge in [-0.1, -0.05) is 18.6 Å². The maximum atomic E-state index is 9.81. The lowest BCUT2D eigenvalue weighted by molar-refractivity contribution is 0.117. The molecule has 2 nitrogen and oxygen atoms in total. The summed E-state index contributed by atoms with van der Waals surface area (Å²) in [6.07, 6.45) is 3.12. The third-order valence-electron chi connectivity index (χ3n) is 3.34. The summed E-state index contributed by atoms with van der Waals surface area (Å²) in [6, 6.07) is 5.70. The number of hydrogen-bond donors (Lipinski definition) is 2. The van der Waals surface area contributed by atoms with E-state index in [4.69, 9.17) is 0 Å². The molecule has 1 aromatic carbocycles. The minimum Gasteiger partial charge on any atom is -0.508 e. The lowest BCUT2D eigenvalue weighted by atomic mass is 9.64. The van der Waals surface area contributed by atoms with Crippen LogP contribution in [0, 0.1) is 6.92 Å². The standard InChI is InChI=1S/C12H16O2/c1-9-3-4-10(11(14)7-9)12(8-13)5-2-6-12/h3-4,7,13-14H,2,5-6,8H2,1H3. The van der Waals surface area contributed by atoms with Crippen molar-refractivity contribution >= 4 is 0 Å². The van der Waals surface area contributed by atoms with Crippen LogP contribution in [0.25, 0.3) is 0 Å². The van der Waals surface area contributed by atoms with Gasteiger partial charge in [-0.2, -0.15) is 0 Å². The molecule has 1 aliphatic carbocycles. The van der Waals surface area contributed by atoms with E-state index in [1.807, 2.05) is 19.1 Å². The van der Waals surface area contributed by atoms with E-state index in [1.165, 1.54) is 0 Å². The van der Waals surface area contributed by atoms with Crippen LogP contribution < -0.4 is 0 Å². The third kappa shape index (κ3) is 1.30. The summed E-state index contributed by atoms with van der Waals surface area (Å²) < 4.78 is 0. The molecule has 1 fully saturated rings. The Morgan fingerprint density at radius 2 is 2.07 bits per heavy atom. The average molecular weight is 192 g/mol. The monoisotopic (exact) mass is 192 g/mol. The van der Waals surface area contributed by atoms with Crippen molar-refractivity contribution in [3.05, 3.63) is 29.3 Å². The molecule has 0 heterocycles. The topological polar surface area (TPSA) is 40.5 Å². The van der Waals surface area contributed by atoms with Crippen LogP contribution >= 0.6 is 0 Å². The van der Waals surface area contributed by atoms with E-state index in [2.05, 4.69) is 0 Å². The van der Waals surface area contributed by atoms with E-state index in [0.29, 0.717) is 5.75 Å². The van der Waals surface area contributed by atoms with Gasteiger partial charge >= 0.3 is 0 Å². The van der Waals surface area contributed by atoms with Crippen LogP contribution in [0.3, 0.4) is 0 Å². The largest absolute Gasteiger partial charge is 0.508 e. The molecule has 1 aliphatic rings. The van der Waals surface area contributed by atoms with E-state index in [-0.39, 0.29) is 12.0 Å². The molecule has 0 radical (unpaired) electrons. The Balaban J connectivity index is 2.40. The second kappa shape index (κ2) is 3.28. The van der Waals surface area contributed by atoms with Crippen molar-refractivity contribution < 1.29 is 10.2 Å². The summed E-state index contributed by atoms with van der Waals surface area (Å²) in [5.74, 6) is 0.332. The third-order valence-corrected chi connectivity index (χ3v) is 3.34. The molecule has 2 rings (SSSR count). The molecule has 0 bridgehead atoms. The molecule has 0 amide bonds. The van der Waals surface area contributed by atoms with Crippen LogP contribution in [0.15, 0.2) is 18.2 Å². The highest BCUT2D eigenvalue weighted by atomic mass is 16.3. The molecular formula is C12H16O2. The van der Waals surface area contributed by atoms with Gasteiger partial charge in [-0.25, -0.2) is 0 Å². The summed E-state index contributed by atoms with van der Waals surface area (Å²) in [4.78, 5) is 0. The molecule has 14 heavy (non-hydrogen) atoms. The summed E-state index contributed by atoms with van der Waals surface area (Å²) in [5, 5.41) is 19.2. The van der Waals surface area contributed by atoms with Crippen molar-refractivity contribution in [2.24, 2.45) is 0 Å². The Hall–Kier alpha value is -1.02.